The van der Waals surface area contributed by atoms with Gasteiger partial charge in [-0.1, -0.05) is 15.9 Å². The van der Waals surface area contributed by atoms with Crippen LogP contribution in [0.5, 0.6) is 11.5 Å². The average Bonchev–Trinajstić information content (AvgIpc) is 2.61. The number of hydrogen-bond donors (Lipinski definition) is 2. The normalized spacial score (nSPS) is 11.0. The Kier molecular flexibility index (Phi) is 8.32. The van der Waals surface area contributed by atoms with Gasteiger partial charge in [0.1, 0.15) is 0 Å². The fraction of sp³-hybridized carbons (Fsp3) is 0.300. The van der Waals surface area contributed by atoms with E-state index in [1.165, 1.54) is 6.21 Å². The predicted molar refractivity (Wildman–Crippen MR) is 120 cm³/mol. The van der Waals surface area contributed by atoms with Crippen LogP contribution in [0.25, 0.3) is 0 Å². The number of hydrogen-bond acceptors (Lipinski definition) is 4. The molecule has 0 atom stereocenters. The molecule has 2 aromatic rings. The number of aryl methyl sites for hydroxylation is 1. The van der Waals surface area contributed by atoms with Gasteiger partial charge in [0.15, 0.2) is 11.5 Å². The van der Waals surface area contributed by atoms with Gasteiger partial charge < -0.3 is 14.8 Å². The van der Waals surface area contributed by atoms with E-state index in [2.05, 4.69) is 47.7 Å². The lowest BCUT2D eigenvalue weighted by atomic mass is 10.2. The van der Waals surface area contributed by atoms with Crippen LogP contribution in [0, 0.1) is 6.92 Å². The van der Waals surface area contributed by atoms with Crippen LogP contribution in [-0.2, 0) is 0 Å². The van der Waals surface area contributed by atoms with E-state index in [4.69, 9.17) is 9.47 Å². The molecular formula is C20H23Br2N3O3. The summed E-state index contributed by atoms with van der Waals surface area (Å²) in [4.78, 5) is 12.0. The molecule has 2 rings (SSSR count). The largest absolute Gasteiger partial charge is 0.490 e. The van der Waals surface area contributed by atoms with Crippen molar-refractivity contribution in [1.29, 1.82) is 0 Å². The Balaban J connectivity index is 2.06. The second-order valence-corrected chi connectivity index (χ2v) is 7.92. The van der Waals surface area contributed by atoms with Crippen LogP contribution in [0.4, 0.5) is 10.5 Å². The van der Waals surface area contributed by atoms with Crippen LogP contribution in [0.3, 0.4) is 0 Å². The molecule has 8 heteroatoms. The molecule has 0 heterocycles. The number of nitrogens with zero attached hydrogens (tertiary/aromatic N) is 1. The Labute approximate surface area is 181 Å². The fourth-order valence-electron chi connectivity index (χ4n) is 2.31. The molecule has 0 spiro atoms. The maximum atomic E-state index is 12.0. The van der Waals surface area contributed by atoms with Gasteiger partial charge in [0, 0.05) is 20.2 Å². The van der Waals surface area contributed by atoms with Crippen molar-refractivity contribution in [1.82, 2.24) is 5.43 Å². The van der Waals surface area contributed by atoms with Crippen molar-refractivity contribution < 1.29 is 14.3 Å². The average molecular weight is 513 g/mol. The van der Waals surface area contributed by atoms with Gasteiger partial charge in [-0.3, -0.25) is 0 Å². The van der Waals surface area contributed by atoms with Crippen LogP contribution in [0.15, 0.2) is 44.4 Å². The lowest BCUT2D eigenvalue weighted by molar-refractivity contribution is 0.223. The van der Waals surface area contributed by atoms with E-state index in [-0.39, 0.29) is 6.10 Å². The smallest absolute Gasteiger partial charge is 0.339 e. The van der Waals surface area contributed by atoms with Crippen molar-refractivity contribution in [3.8, 4) is 11.5 Å². The van der Waals surface area contributed by atoms with Crippen LogP contribution in [0.2, 0.25) is 0 Å². The molecule has 0 aliphatic carbocycles. The molecule has 0 saturated carbocycles. The topological polar surface area (TPSA) is 72.0 Å². The van der Waals surface area contributed by atoms with Crippen LogP contribution < -0.4 is 20.2 Å². The number of rotatable bonds is 7. The molecule has 0 bridgehead atoms. The number of anilines is 1. The van der Waals surface area contributed by atoms with Gasteiger partial charge in [-0.25, -0.2) is 10.2 Å². The molecule has 0 unspecified atom stereocenters. The minimum atomic E-state index is -0.432. The van der Waals surface area contributed by atoms with Gasteiger partial charge in [0.25, 0.3) is 0 Å². The summed E-state index contributed by atoms with van der Waals surface area (Å²) in [6.07, 6.45) is 1.57. The molecule has 0 fully saturated rings. The van der Waals surface area contributed by atoms with Gasteiger partial charge in [0.05, 0.1) is 18.9 Å². The lowest BCUT2D eigenvalue weighted by Crippen LogP contribution is -2.24. The van der Waals surface area contributed by atoms with E-state index in [0.29, 0.717) is 23.8 Å². The molecule has 2 N–H and O–H groups in total. The highest BCUT2D eigenvalue weighted by Crippen LogP contribution is 2.34. The van der Waals surface area contributed by atoms with Crippen molar-refractivity contribution in [2.75, 3.05) is 11.9 Å². The summed E-state index contributed by atoms with van der Waals surface area (Å²) in [5.74, 6) is 1.27. The monoisotopic (exact) mass is 511 g/mol. The second-order valence-electron chi connectivity index (χ2n) is 6.21. The number of ether oxygens (including phenoxy) is 2. The van der Waals surface area contributed by atoms with Gasteiger partial charge in [-0.05, 0) is 79.5 Å². The number of amides is 2. The van der Waals surface area contributed by atoms with Crippen molar-refractivity contribution in [3.63, 3.8) is 0 Å². The van der Waals surface area contributed by atoms with Gasteiger partial charge in [-0.2, -0.15) is 5.10 Å². The van der Waals surface area contributed by atoms with E-state index >= 15 is 0 Å². The van der Waals surface area contributed by atoms with Crippen molar-refractivity contribution in [3.05, 3.63) is 50.4 Å². The summed E-state index contributed by atoms with van der Waals surface area (Å²) in [5, 5.41) is 6.74. The Bertz CT molecular complexity index is 870. The summed E-state index contributed by atoms with van der Waals surface area (Å²) < 4.78 is 13.2. The molecule has 2 amide bonds. The Hall–Kier alpha value is -2.06. The molecule has 0 radical (unpaired) electrons. The zero-order valence-corrected chi connectivity index (χ0v) is 19.3. The minimum Gasteiger partial charge on any atom is -0.490 e. The van der Waals surface area contributed by atoms with E-state index < -0.39 is 6.03 Å². The molecule has 150 valence electrons. The Morgan fingerprint density at radius 3 is 2.57 bits per heavy atom. The van der Waals surface area contributed by atoms with E-state index in [0.717, 1.165) is 20.1 Å². The molecule has 2 aromatic carbocycles. The highest BCUT2D eigenvalue weighted by molar-refractivity contribution is 9.10. The third kappa shape index (κ3) is 6.53. The first-order valence-electron chi connectivity index (χ1n) is 8.79. The number of carbonyl (C=O) groups is 1. The number of urea groups is 1. The van der Waals surface area contributed by atoms with Crippen LogP contribution >= 0.6 is 31.9 Å². The molecule has 6 nitrogen and oxygen atoms in total. The first-order valence-corrected chi connectivity index (χ1v) is 10.4. The molecule has 0 aliphatic heterocycles. The number of halogens is 2. The van der Waals surface area contributed by atoms with E-state index in [1.807, 2.05) is 52.0 Å². The fourth-order valence-corrected chi connectivity index (χ4v) is 2.98. The van der Waals surface area contributed by atoms with E-state index in [9.17, 15) is 4.79 Å². The Morgan fingerprint density at radius 2 is 1.93 bits per heavy atom. The molecule has 0 aromatic heterocycles. The minimum absolute atomic E-state index is 0.0261. The first-order chi connectivity index (χ1) is 13.3. The lowest BCUT2D eigenvalue weighted by Gasteiger charge is -2.15. The first kappa shape index (κ1) is 22.2. The third-order valence-electron chi connectivity index (χ3n) is 3.51. The standard InChI is InChI=1S/C20H23Br2N3O3/c1-5-27-18-9-14(17(22)10-19(18)28-12(2)3)11-23-25-20(26)24-15-6-7-16(21)13(4)8-15/h6-12H,5H2,1-4H3,(H2,24,25,26)/b23-11+. The van der Waals surface area contributed by atoms with Crippen molar-refractivity contribution in [2.24, 2.45) is 5.10 Å². The highest BCUT2D eigenvalue weighted by atomic mass is 79.9. The van der Waals surface area contributed by atoms with Gasteiger partial charge in [-0.15, -0.1) is 0 Å². The second kappa shape index (κ2) is 10.5. The third-order valence-corrected chi connectivity index (χ3v) is 5.09. The molecule has 28 heavy (non-hydrogen) atoms. The quantitative estimate of drug-likeness (QED) is 0.360. The van der Waals surface area contributed by atoms with E-state index in [1.54, 1.807) is 6.07 Å². The zero-order valence-electron chi connectivity index (χ0n) is 16.2. The van der Waals surface area contributed by atoms with Crippen LogP contribution in [-0.4, -0.2) is 25.0 Å². The van der Waals surface area contributed by atoms with Crippen molar-refractivity contribution >= 4 is 49.8 Å². The highest BCUT2D eigenvalue weighted by Gasteiger charge is 2.11. The Morgan fingerprint density at radius 1 is 1.18 bits per heavy atom. The van der Waals surface area contributed by atoms with Crippen molar-refractivity contribution in [2.45, 2.75) is 33.8 Å². The summed E-state index contributed by atoms with van der Waals surface area (Å²) in [6.45, 7) is 8.28. The number of carbonyl (C=O) groups excluding carboxylic acids is 1. The maximum absolute atomic E-state index is 12.0. The number of nitrogens with one attached hydrogen (secondary N) is 2. The number of hydrazone groups is 1. The summed E-state index contributed by atoms with van der Waals surface area (Å²) in [7, 11) is 0. The molecular weight excluding hydrogens is 490 g/mol. The molecule has 0 aliphatic rings. The van der Waals surface area contributed by atoms with Crippen LogP contribution in [0.1, 0.15) is 31.9 Å². The maximum Gasteiger partial charge on any atom is 0.339 e. The molecule has 0 saturated heterocycles. The van der Waals surface area contributed by atoms with Gasteiger partial charge >= 0.3 is 6.03 Å². The zero-order chi connectivity index (χ0) is 20.7. The summed E-state index contributed by atoms with van der Waals surface area (Å²) >= 11 is 6.93. The summed E-state index contributed by atoms with van der Waals surface area (Å²) in [6, 6.07) is 8.76. The SMILES string of the molecule is CCOc1cc(/C=N/NC(=O)Nc2ccc(Br)c(C)c2)c(Br)cc1OC(C)C. The van der Waals surface area contributed by atoms with Gasteiger partial charge in [0.2, 0.25) is 0 Å². The summed E-state index contributed by atoms with van der Waals surface area (Å²) in [5.41, 5.74) is 4.91. The number of benzene rings is 2. The predicted octanol–water partition coefficient (Wildman–Crippen LogP) is 5.86.